The molecule has 0 aliphatic carbocycles. The standard InChI is InChI=1S/C7H7FN2O/c1-5(11)10-7-2-6(8)3-9-4-7/h2-4H,1H3,(H,10,11). The maximum atomic E-state index is 12.4. The lowest BCUT2D eigenvalue weighted by molar-refractivity contribution is -0.114. The molecule has 0 aliphatic rings. The molecule has 0 fully saturated rings. The number of anilines is 1. The molecule has 0 spiro atoms. The fraction of sp³-hybridized carbons (Fsp3) is 0.143. The van der Waals surface area contributed by atoms with Crippen LogP contribution in [0, 0.1) is 5.82 Å². The van der Waals surface area contributed by atoms with E-state index in [4.69, 9.17) is 0 Å². The van der Waals surface area contributed by atoms with Crippen LogP contribution < -0.4 is 5.32 Å². The number of nitrogens with one attached hydrogen (secondary N) is 1. The lowest BCUT2D eigenvalue weighted by Gasteiger charge is -1.98. The minimum atomic E-state index is -0.462. The van der Waals surface area contributed by atoms with Crippen molar-refractivity contribution in [3.05, 3.63) is 24.3 Å². The number of amides is 1. The van der Waals surface area contributed by atoms with Crippen molar-refractivity contribution in [3.8, 4) is 0 Å². The topological polar surface area (TPSA) is 42.0 Å². The van der Waals surface area contributed by atoms with Crippen LogP contribution in [-0.4, -0.2) is 10.9 Å². The average molecular weight is 154 g/mol. The zero-order valence-electron chi connectivity index (χ0n) is 5.97. The first-order chi connectivity index (χ1) is 5.18. The predicted octanol–water partition coefficient (Wildman–Crippen LogP) is 1.18. The number of nitrogens with zero attached hydrogens (tertiary/aromatic N) is 1. The van der Waals surface area contributed by atoms with E-state index in [2.05, 4.69) is 10.3 Å². The number of aromatic nitrogens is 1. The summed E-state index contributed by atoms with van der Waals surface area (Å²) in [5.41, 5.74) is 0.373. The van der Waals surface area contributed by atoms with Gasteiger partial charge in [-0.15, -0.1) is 0 Å². The third-order valence-corrected chi connectivity index (χ3v) is 1.03. The molecule has 0 atom stereocenters. The van der Waals surface area contributed by atoms with Crippen molar-refractivity contribution >= 4 is 11.6 Å². The first kappa shape index (κ1) is 7.65. The van der Waals surface area contributed by atoms with Crippen molar-refractivity contribution in [1.29, 1.82) is 0 Å². The Balaban J connectivity index is 2.79. The highest BCUT2D eigenvalue weighted by atomic mass is 19.1. The lowest BCUT2D eigenvalue weighted by Crippen LogP contribution is -2.05. The zero-order valence-corrected chi connectivity index (χ0v) is 5.97. The molecule has 4 heteroatoms. The molecule has 0 radical (unpaired) electrons. The Morgan fingerprint density at radius 1 is 1.64 bits per heavy atom. The SMILES string of the molecule is CC(=O)Nc1cncc(F)c1. The smallest absolute Gasteiger partial charge is 0.221 e. The van der Waals surface area contributed by atoms with Crippen LogP contribution in [0.3, 0.4) is 0 Å². The largest absolute Gasteiger partial charge is 0.325 e. The van der Waals surface area contributed by atoms with E-state index >= 15 is 0 Å². The summed E-state index contributed by atoms with van der Waals surface area (Å²) < 4.78 is 12.4. The average Bonchev–Trinajstić information content (AvgIpc) is 1.85. The van der Waals surface area contributed by atoms with Crippen LogP contribution in [0.25, 0.3) is 0 Å². The van der Waals surface area contributed by atoms with E-state index in [-0.39, 0.29) is 5.91 Å². The summed E-state index contributed by atoms with van der Waals surface area (Å²) in [6.45, 7) is 1.35. The van der Waals surface area contributed by atoms with Gasteiger partial charge in [-0.3, -0.25) is 9.78 Å². The molecule has 1 rings (SSSR count). The van der Waals surface area contributed by atoms with Crippen LogP contribution >= 0.6 is 0 Å². The normalized spacial score (nSPS) is 9.27. The minimum Gasteiger partial charge on any atom is -0.325 e. The van der Waals surface area contributed by atoms with Gasteiger partial charge in [-0.2, -0.15) is 0 Å². The number of carbonyl (C=O) groups is 1. The van der Waals surface area contributed by atoms with Crippen LogP contribution in [0.2, 0.25) is 0 Å². The summed E-state index contributed by atoms with van der Waals surface area (Å²) in [6.07, 6.45) is 2.45. The van der Waals surface area contributed by atoms with Gasteiger partial charge >= 0.3 is 0 Å². The fourth-order valence-electron chi connectivity index (χ4n) is 0.683. The van der Waals surface area contributed by atoms with E-state index in [9.17, 15) is 9.18 Å². The van der Waals surface area contributed by atoms with Gasteiger partial charge in [-0.1, -0.05) is 0 Å². The second kappa shape index (κ2) is 3.09. The number of hydrogen-bond acceptors (Lipinski definition) is 2. The molecular weight excluding hydrogens is 147 g/mol. The Kier molecular flexibility index (Phi) is 2.15. The Bertz CT molecular complexity index is 275. The zero-order chi connectivity index (χ0) is 8.27. The van der Waals surface area contributed by atoms with Crippen LogP contribution in [0.15, 0.2) is 18.5 Å². The highest BCUT2D eigenvalue weighted by Crippen LogP contribution is 2.05. The molecule has 0 bridgehead atoms. The Labute approximate surface area is 63.3 Å². The molecule has 11 heavy (non-hydrogen) atoms. The van der Waals surface area contributed by atoms with Gasteiger partial charge in [0.15, 0.2) is 0 Å². The van der Waals surface area contributed by atoms with Crippen molar-refractivity contribution < 1.29 is 9.18 Å². The predicted molar refractivity (Wildman–Crippen MR) is 38.5 cm³/mol. The van der Waals surface area contributed by atoms with E-state index in [1.54, 1.807) is 0 Å². The molecule has 0 aromatic carbocycles. The Morgan fingerprint density at radius 3 is 2.91 bits per heavy atom. The first-order valence-electron chi connectivity index (χ1n) is 3.06. The summed E-state index contributed by atoms with van der Waals surface area (Å²) in [6, 6.07) is 1.20. The highest BCUT2D eigenvalue weighted by Gasteiger charge is 1.96. The van der Waals surface area contributed by atoms with Crippen LogP contribution in [0.4, 0.5) is 10.1 Å². The molecule has 0 saturated carbocycles. The minimum absolute atomic E-state index is 0.239. The summed E-state index contributed by atoms with van der Waals surface area (Å²) in [5, 5.41) is 2.40. The first-order valence-corrected chi connectivity index (χ1v) is 3.06. The molecule has 1 heterocycles. The van der Waals surface area contributed by atoms with Crippen LogP contribution in [0.1, 0.15) is 6.92 Å². The molecule has 0 aliphatic heterocycles. The van der Waals surface area contributed by atoms with Gasteiger partial charge in [0.1, 0.15) is 5.82 Å². The Hall–Kier alpha value is -1.45. The molecule has 1 aromatic rings. The van der Waals surface area contributed by atoms with Crippen molar-refractivity contribution in [2.45, 2.75) is 6.92 Å². The Morgan fingerprint density at radius 2 is 2.36 bits per heavy atom. The third kappa shape index (κ3) is 2.33. The van der Waals surface area contributed by atoms with Gasteiger partial charge in [-0.25, -0.2) is 4.39 Å². The van der Waals surface area contributed by atoms with Crippen LogP contribution in [-0.2, 0) is 4.79 Å². The maximum absolute atomic E-state index is 12.4. The number of pyridine rings is 1. The van der Waals surface area contributed by atoms with E-state index < -0.39 is 5.82 Å². The van der Waals surface area contributed by atoms with Gasteiger partial charge in [0.05, 0.1) is 18.1 Å². The number of halogens is 1. The second-order valence-electron chi connectivity index (χ2n) is 2.07. The van der Waals surface area contributed by atoms with Gasteiger partial charge < -0.3 is 5.32 Å². The van der Waals surface area contributed by atoms with E-state index in [1.165, 1.54) is 19.2 Å². The number of hydrogen-bond donors (Lipinski definition) is 1. The van der Waals surface area contributed by atoms with Crippen molar-refractivity contribution in [1.82, 2.24) is 4.98 Å². The molecule has 0 unspecified atom stereocenters. The molecule has 1 N–H and O–H groups in total. The summed E-state index contributed by atoms with van der Waals surface area (Å²) >= 11 is 0. The van der Waals surface area contributed by atoms with Crippen molar-refractivity contribution in [2.75, 3.05) is 5.32 Å². The molecule has 1 aromatic heterocycles. The van der Waals surface area contributed by atoms with Gasteiger partial charge in [0.25, 0.3) is 0 Å². The molecule has 0 saturated heterocycles. The van der Waals surface area contributed by atoms with Gasteiger partial charge in [-0.05, 0) is 0 Å². The number of rotatable bonds is 1. The number of carbonyl (C=O) groups excluding carboxylic acids is 1. The molecule has 3 nitrogen and oxygen atoms in total. The summed E-state index contributed by atoms with van der Waals surface area (Å²) in [4.78, 5) is 14.0. The fourth-order valence-corrected chi connectivity index (χ4v) is 0.683. The summed E-state index contributed by atoms with van der Waals surface area (Å²) in [7, 11) is 0. The van der Waals surface area contributed by atoms with Crippen molar-refractivity contribution in [2.24, 2.45) is 0 Å². The highest BCUT2D eigenvalue weighted by molar-refractivity contribution is 5.88. The molecule has 58 valence electrons. The second-order valence-corrected chi connectivity index (χ2v) is 2.07. The summed E-state index contributed by atoms with van der Waals surface area (Å²) in [5.74, 6) is -0.700. The van der Waals surface area contributed by atoms with E-state index in [0.29, 0.717) is 5.69 Å². The molecule has 1 amide bonds. The van der Waals surface area contributed by atoms with Crippen molar-refractivity contribution in [3.63, 3.8) is 0 Å². The monoisotopic (exact) mass is 154 g/mol. The van der Waals surface area contributed by atoms with E-state index in [1.807, 2.05) is 0 Å². The quantitative estimate of drug-likeness (QED) is 0.659. The van der Waals surface area contributed by atoms with Gasteiger partial charge in [0, 0.05) is 13.0 Å². The maximum Gasteiger partial charge on any atom is 0.221 e. The third-order valence-electron chi connectivity index (χ3n) is 1.03. The van der Waals surface area contributed by atoms with Crippen LogP contribution in [0.5, 0.6) is 0 Å². The lowest BCUT2D eigenvalue weighted by atomic mass is 10.4. The van der Waals surface area contributed by atoms with Gasteiger partial charge in [0.2, 0.25) is 5.91 Å². The molecular formula is C7H7FN2O. The van der Waals surface area contributed by atoms with E-state index in [0.717, 1.165) is 6.20 Å².